The molecule has 0 unspecified atom stereocenters. The highest BCUT2D eigenvalue weighted by Gasteiger charge is 2.44. The zero-order chi connectivity index (χ0) is 13.9. The molecule has 2 rings (SSSR count). The molecule has 1 atom stereocenters. The van der Waals surface area contributed by atoms with Gasteiger partial charge in [0.2, 0.25) is 0 Å². The van der Waals surface area contributed by atoms with Gasteiger partial charge in [0, 0.05) is 31.2 Å². The summed E-state index contributed by atoms with van der Waals surface area (Å²) in [6.45, 7) is 1.97. The van der Waals surface area contributed by atoms with Crippen molar-refractivity contribution >= 4 is 12.4 Å². The van der Waals surface area contributed by atoms with E-state index in [1.807, 2.05) is 0 Å². The number of para-hydroxylation sites is 1. The second-order valence-corrected chi connectivity index (χ2v) is 4.21. The van der Waals surface area contributed by atoms with E-state index in [0.717, 1.165) is 6.54 Å². The number of ether oxygens (including phenoxy) is 1. The molecular weight excluding hydrogens is 300 g/mol. The molecule has 0 radical (unpaired) electrons. The van der Waals surface area contributed by atoms with Crippen molar-refractivity contribution in [1.82, 2.24) is 10.6 Å². The van der Waals surface area contributed by atoms with E-state index in [1.165, 1.54) is 12.1 Å². The average Bonchev–Trinajstić information content (AvgIpc) is 2.40. The smallest absolute Gasteiger partial charge is 0.428 e. The zero-order valence-electron chi connectivity index (χ0n) is 10.4. The lowest BCUT2D eigenvalue weighted by Gasteiger charge is -2.27. The second-order valence-electron chi connectivity index (χ2n) is 4.21. The summed E-state index contributed by atoms with van der Waals surface area (Å²) in [5.41, 5.74) is 0.440. The van der Waals surface area contributed by atoms with Gasteiger partial charge in [-0.1, -0.05) is 18.2 Å². The van der Waals surface area contributed by atoms with Crippen LogP contribution >= 0.6 is 12.4 Å². The average molecular weight is 315 g/mol. The summed E-state index contributed by atoms with van der Waals surface area (Å²) in [5, 5.41) is 6.21. The molecule has 0 amide bonds. The van der Waals surface area contributed by atoms with Crippen molar-refractivity contribution in [2.45, 2.75) is 18.6 Å². The van der Waals surface area contributed by atoms with E-state index in [4.69, 9.17) is 0 Å². The van der Waals surface area contributed by atoms with Crippen molar-refractivity contribution in [3.63, 3.8) is 0 Å². The molecule has 1 aromatic rings. The van der Waals surface area contributed by atoms with Gasteiger partial charge < -0.3 is 15.4 Å². The predicted molar refractivity (Wildman–Crippen MR) is 68.9 cm³/mol. The minimum atomic E-state index is -4.49. The first-order chi connectivity index (χ1) is 9.00. The van der Waals surface area contributed by atoms with E-state index in [9.17, 15) is 17.6 Å². The maximum atomic E-state index is 13.0. The van der Waals surface area contributed by atoms with E-state index in [0.29, 0.717) is 18.7 Å². The summed E-state index contributed by atoms with van der Waals surface area (Å²) in [5.74, 6) is -0.228. The SMILES string of the molecule is Cl.FC(F)C(F)(F)Oc1ccccc1[C@H]1CNCCN1. The fourth-order valence-electron chi connectivity index (χ4n) is 1.93. The monoisotopic (exact) mass is 314 g/mol. The highest BCUT2D eigenvalue weighted by atomic mass is 35.5. The van der Waals surface area contributed by atoms with Crippen LogP contribution in [0, 0.1) is 0 Å². The molecule has 2 N–H and O–H groups in total. The number of rotatable bonds is 4. The van der Waals surface area contributed by atoms with Crippen LogP contribution < -0.4 is 15.4 Å². The Morgan fingerprint density at radius 3 is 2.50 bits per heavy atom. The van der Waals surface area contributed by atoms with Gasteiger partial charge in [-0.3, -0.25) is 0 Å². The highest BCUT2D eigenvalue weighted by Crippen LogP contribution is 2.32. The molecule has 20 heavy (non-hydrogen) atoms. The van der Waals surface area contributed by atoms with Gasteiger partial charge in [0.1, 0.15) is 5.75 Å². The van der Waals surface area contributed by atoms with Crippen LogP contribution in [0.2, 0.25) is 0 Å². The molecule has 1 aromatic carbocycles. The number of benzene rings is 1. The maximum absolute atomic E-state index is 13.0. The molecule has 1 saturated heterocycles. The number of nitrogens with one attached hydrogen (secondary N) is 2. The summed E-state index contributed by atoms with van der Waals surface area (Å²) in [4.78, 5) is 0. The molecule has 8 heteroatoms. The van der Waals surface area contributed by atoms with Gasteiger partial charge in [-0.15, -0.1) is 12.4 Å². The van der Waals surface area contributed by atoms with E-state index in [1.54, 1.807) is 12.1 Å². The van der Waals surface area contributed by atoms with Crippen LogP contribution in [0.4, 0.5) is 17.6 Å². The van der Waals surface area contributed by atoms with Crippen LogP contribution in [-0.4, -0.2) is 32.2 Å². The van der Waals surface area contributed by atoms with Crippen molar-refractivity contribution in [3.05, 3.63) is 29.8 Å². The summed E-state index contributed by atoms with van der Waals surface area (Å²) in [6, 6.07) is 5.73. The molecule has 1 aliphatic heterocycles. The molecule has 0 saturated carbocycles. The number of halogens is 5. The fourth-order valence-corrected chi connectivity index (χ4v) is 1.93. The van der Waals surface area contributed by atoms with E-state index >= 15 is 0 Å². The summed E-state index contributed by atoms with van der Waals surface area (Å²) in [6.07, 6.45) is -8.35. The third-order valence-electron chi connectivity index (χ3n) is 2.84. The minimum absolute atomic E-state index is 0. The molecule has 0 aromatic heterocycles. The van der Waals surface area contributed by atoms with Crippen molar-refractivity contribution in [3.8, 4) is 5.75 Å². The first kappa shape index (κ1) is 17.0. The number of piperazine rings is 1. The van der Waals surface area contributed by atoms with Crippen molar-refractivity contribution in [1.29, 1.82) is 0 Å². The molecule has 1 aliphatic rings. The normalized spacial score (nSPS) is 19.6. The minimum Gasteiger partial charge on any atom is -0.428 e. The maximum Gasteiger partial charge on any atom is 0.461 e. The molecular formula is C12H15ClF4N2O. The van der Waals surface area contributed by atoms with E-state index in [-0.39, 0.29) is 24.2 Å². The Morgan fingerprint density at radius 1 is 1.20 bits per heavy atom. The number of hydrogen-bond acceptors (Lipinski definition) is 3. The van der Waals surface area contributed by atoms with Crippen LogP contribution in [0.25, 0.3) is 0 Å². The third-order valence-corrected chi connectivity index (χ3v) is 2.84. The lowest BCUT2D eigenvalue weighted by Crippen LogP contribution is -2.43. The zero-order valence-corrected chi connectivity index (χ0v) is 11.2. The Balaban J connectivity index is 0.00000200. The molecule has 0 aliphatic carbocycles. The molecule has 0 spiro atoms. The van der Waals surface area contributed by atoms with Gasteiger partial charge in [-0.05, 0) is 6.07 Å². The molecule has 3 nitrogen and oxygen atoms in total. The Labute approximate surface area is 120 Å². The number of hydrogen-bond donors (Lipinski definition) is 2. The lowest BCUT2D eigenvalue weighted by atomic mass is 10.0. The third kappa shape index (κ3) is 3.97. The van der Waals surface area contributed by atoms with Crippen molar-refractivity contribution in [2.24, 2.45) is 0 Å². The largest absolute Gasteiger partial charge is 0.461 e. The van der Waals surface area contributed by atoms with Crippen LogP contribution in [0.5, 0.6) is 5.75 Å². The van der Waals surface area contributed by atoms with Gasteiger partial charge in [0.05, 0.1) is 0 Å². The van der Waals surface area contributed by atoms with Crippen LogP contribution in [-0.2, 0) is 0 Å². The first-order valence-electron chi connectivity index (χ1n) is 5.88. The van der Waals surface area contributed by atoms with Crippen LogP contribution in [0.1, 0.15) is 11.6 Å². The summed E-state index contributed by atoms with van der Waals surface area (Å²) >= 11 is 0. The van der Waals surface area contributed by atoms with Gasteiger partial charge in [-0.2, -0.15) is 17.6 Å². The van der Waals surface area contributed by atoms with Gasteiger partial charge in [0.25, 0.3) is 0 Å². The first-order valence-corrected chi connectivity index (χ1v) is 5.88. The predicted octanol–water partition coefficient (Wildman–Crippen LogP) is 2.58. The molecule has 114 valence electrons. The molecule has 1 heterocycles. The van der Waals surface area contributed by atoms with Crippen LogP contribution in [0.3, 0.4) is 0 Å². The van der Waals surface area contributed by atoms with Crippen LogP contribution in [0.15, 0.2) is 24.3 Å². The fraction of sp³-hybridized carbons (Fsp3) is 0.500. The summed E-state index contributed by atoms with van der Waals surface area (Å²) in [7, 11) is 0. The Hall–Kier alpha value is -1.05. The standard InChI is InChI=1S/C12H14F4N2O.ClH/c13-11(14)12(15,16)19-10-4-2-1-3-8(10)9-7-17-5-6-18-9;/h1-4,9,11,17-18H,5-7H2;1H/t9-;/m1./s1. The van der Waals surface area contributed by atoms with E-state index in [2.05, 4.69) is 15.4 Å². The second kappa shape index (κ2) is 7.10. The van der Waals surface area contributed by atoms with Gasteiger partial charge in [0.15, 0.2) is 0 Å². The molecule has 0 bridgehead atoms. The lowest BCUT2D eigenvalue weighted by molar-refractivity contribution is -0.253. The quantitative estimate of drug-likeness (QED) is 0.838. The van der Waals surface area contributed by atoms with E-state index < -0.39 is 12.5 Å². The summed E-state index contributed by atoms with van der Waals surface area (Å²) < 4.78 is 54.5. The Morgan fingerprint density at radius 2 is 1.90 bits per heavy atom. The highest BCUT2D eigenvalue weighted by molar-refractivity contribution is 5.85. The topological polar surface area (TPSA) is 33.3 Å². The Kier molecular flexibility index (Phi) is 6.04. The van der Waals surface area contributed by atoms with Gasteiger partial charge in [-0.25, -0.2) is 0 Å². The Bertz CT molecular complexity index is 428. The molecule has 1 fully saturated rings. The van der Waals surface area contributed by atoms with Gasteiger partial charge >= 0.3 is 12.5 Å². The van der Waals surface area contributed by atoms with Crippen molar-refractivity contribution in [2.75, 3.05) is 19.6 Å². The van der Waals surface area contributed by atoms with Crippen molar-refractivity contribution < 1.29 is 22.3 Å². The number of alkyl halides is 4.